The standard InChI is InChI=1S/C12H18N4O2/c1-5-6-14-9-10(13)16(7-8(2)3)12(18)15(4)11(9)17/h1,8,14H,6-7,13H2,2-4H3. The van der Waals surface area contributed by atoms with Crippen molar-refractivity contribution in [3.05, 3.63) is 20.8 Å². The summed E-state index contributed by atoms with van der Waals surface area (Å²) < 4.78 is 2.41. The number of nitrogen functional groups attached to an aromatic ring is 1. The van der Waals surface area contributed by atoms with Crippen molar-refractivity contribution >= 4 is 11.5 Å². The zero-order valence-corrected chi connectivity index (χ0v) is 10.9. The quantitative estimate of drug-likeness (QED) is 0.727. The molecule has 98 valence electrons. The SMILES string of the molecule is C#CCNc1c(N)n(CC(C)C)c(=O)n(C)c1=O. The third kappa shape index (κ3) is 2.56. The lowest BCUT2D eigenvalue weighted by Crippen LogP contribution is -2.41. The van der Waals surface area contributed by atoms with E-state index in [0.29, 0.717) is 6.54 Å². The second kappa shape index (κ2) is 5.45. The van der Waals surface area contributed by atoms with E-state index in [0.717, 1.165) is 4.57 Å². The van der Waals surface area contributed by atoms with Gasteiger partial charge in [-0.1, -0.05) is 19.8 Å². The van der Waals surface area contributed by atoms with Crippen LogP contribution in [0, 0.1) is 18.3 Å². The van der Waals surface area contributed by atoms with E-state index < -0.39 is 11.2 Å². The van der Waals surface area contributed by atoms with E-state index in [4.69, 9.17) is 12.2 Å². The van der Waals surface area contributed by atoms with E-state index in [9.17, 15) is 9.59 Å². The molecule has 6 nitrogen and oxygen atoms in total. The number of hydrogen-bond acceptors (Lipinski definition) is 4. The molecular weight excluding hydrogens is 232 g/mol. The van der Waals surface area contributed by atoms with Crippen LogP contribution in [0.15, 0.2) is 9.59 Å². The van der Waals surface area contributed by atoms with Crippen LogP contribution >= 0.6 is 0 Å². The third-order valence-corrected chi connectivity index (χ3v) is 2.50. The molecule has 18 heavy (non-hydrogen) atoms. The second-order valence-electron chi connectivity index (χ2n) is 4.47. The third-order valence-electron chi connectivity index (χ3n) is 2.50. The van der Waals surface area contributed by atoms with Crippen LogP contribution in [0.2, 0.25) is 0 Å². The summed E-state index contributed by atoms with van der Waals surface area (Å²) >= 11 is 0. The highest BCUT2D eigenvalue weighted by Gasteiger charge is 2.15. The second-order valence-corrected chi connectivity index (χ2v) is 4.47. The van der Waals surface area contributed by atoms with Crippen molar-refractivity contribution in [3.8, 4) is 12.3 Å². The summed E-state index contributed by atoms with van der Waals surface area (Å²) in [5.41, 5.74) is 5.15. The molecule has 6 heteroatoms. The molecule has 1 aromatic rings. The first kappa shape index (κ1) is 13.9. The minimum absolute atomic E-state index is 0.132. The summed E-state index contributed by atoms with van der Waals surface area (Å²) in [4.78, 5) is 23.8. The number of nitrogens with two attached hydrogens (primary N) is 1. The van der Waals surface area contributed by atoms with Gasteiger partial charge in [0.15, 0.2) is 0 Å². The number of nitrogens with one attached hydrogen (secondary N) is 1. The molecule has 0 radical (unpaired) electrons. The van der Waals surface area contributed by atoms with Gasteiger partial charge in [0.25, 0.3) is 5.56 Å². The van der Waals surface area contributed by atoms with Gasteiger partial charge >= 0.3 is 5.69 Å². The molecule has 1 aromatic heterocycles. The van der Waals surface area contributed by atoms with Crippen molar-refractivity contribution in [2.45, 2.75) is 20.4 Å². The molecule has 0 spiro atoms. The normalized spacial score (nSPS) is 10.4. The first-order valence-corrected chi connectivity index (χ1v) is 5.66. The summed E-state index contributed by atoms with van der Waals surface area (Å²) in [5.74, 6) is 2.73. The van der Waals surface area contributed by atoms with E-state index >= 15 is 0 Å². The maximum atomic E-state index is 11.9. The zero-order chi connectivity index (χ0) is 13.9. The van der Waals surface area contributed by atoms with Gasteiger partial charge in [0, 0.05) is 13.6 Å². The van der Waals surface area contributed by atoms with Crippen molar-refractivity contribution in [3.63, 3.8) is 0 Å². The van der Waals surface area contributed by atoms with Gasteiger partial charge in [-0.2, -0.15) is 0 Å². The highest BCUT2D eigenvalue weighted by Crippen LogP contribution is 2.11. The van der Waals surface area contributed by atoms with Crippen LogP contribution in [0.3, 0.4) is 0 Å². The molecule has 1 heterocycles. The molecule has 0 unspecified atom stereocenters. The van der Waals surface area contributed by atoms with Gasteiger partial charge in [-0.3, -0.25) is 13.9 Å². The average molecular weight is 250 g/mol. The molecule has 3 N–H and O–H groups in total. The van der Waals surface area contributed by atoms with Crippen molar-refractivity contribution < 1.29 is 0 Å². The summed E-state index contributed by atoms with van der Waals surface area (Å²) in [6.45, 7) is 4.56. The molecule has 0 atom stereocenters. The molecule has 0 aliphatic rings. The van der Waals surface area contributed by atoms with Crippen LogP contribution in [0.5, 0.6) is 0 Å². The lowest BCUT2D eigenvalue weighted by molar-refractivity contribution is 0.494. The number of nitrogens with zero attached hydrogens (tertiary/aromatic N) is 2. The van der Waals surface area contributed by atoms with Crippen molar-refractivity contribution in [2.24, 2.45) is 13.0 Å². The van der Waals surface area contributed by atoms with Crippen LogP contribution in [0.25, 0.3) is 0 Å². The highest BCUT2D eigenvalue weighted by molar-refractivity contribution is 5.61. The predicted molar refractivity (Wildman–Crippen MR) is 72.5 cm³/mol. The van der Waals surface area contributed by atoms with E-state index in [-0.39, 0.29) is 24.0 Å². The summed E-state index contributed by atoms with van der Waals surface area (Å²) in [7, 11) is 1.42. The van der Waals surface area contributed by atoms with E-state index in [1.165, 1.54) is 11.6 Å². The van der Waals surface area contributed by atoms with E-state index in [1.54, 1.807) is 0 Å². The summed E-state index contributed by atoms with van der Waals surface area (Å²) in [6.07, 6.45) is 5.13. The molecule has 0 amide bonds. The molecule has 0 aliphatic carbocycles. The molecule has 0 fully saturated rings. The largest absolute Gasteiger partial charge is 0.383 e. The molecule has 0 aliphatic heterocycles. The minimum Gasteiger partial charge on any atom is -0.383 e. The molecule has 0 saturated carbocycles. The Labute approximate surface area is 105 Å². The molecule has 1 rings (SSSR count). The van der Waals surface area contributed by atoms with Crippen molar-refractivity contribution in [2.75, 3.05) is 17.6 Å². The van der Waals surface area contributed by atoms with Gasteiger partial charge in [0.1, 0.15) is 11.5 Å². The van der Waals surface area contributed by atoms with Gasteiger partial charge in [-0.25, -0.2) is 4.79 Å². The van der Waals surface area contributed by atoms with Crippen molar-refractivity contribution in [1.82, 2.24) is 9.13 Å². The van der Waals surface area contributed by atoms with Gasteiger partial charge < -0.3 is 11.1 Å². The first-order valence-electron chi connectivity index (χ1n) is 5.66. The van der Waals surface area contributed by atoms with Gasteiger partial charge in [-0.05, 0) is 5.92 Å². The van der Waals surface area contributed by atoms with Crippen molar-refractivity contribution in [1.29, 1.82) is 0 Å². The van der Waals surface area contributed by atoms with E-state index in [1.807, 2.05) is 13.8 Å². The fourth-order valence-electron chi connectivity index (χ4n) is 1.63. The Bertz CT molecular complexity index is 590. The maximum Gasteiger partial charge on any atom is 0.332 e. The van der Waals surface area contributed by atoms with Gasteiger partial charge in [-0.15, -0.1) is 6.42 Å². The van der Waals surface area contributed by atoms with Crippen LogP contribution < -0.4 is 22.3 Å². The monoisotopic (exact) mass is 250 g/mol. The Hall–Kier alpha value is -2.16. The molecule has 0 saturated heterocycles. The van der Waals surface area contributed by atoms with Crippen LogP contribution in [0.1, 0.15) is 13.8 Å². The first-order chi connectivity index (χ1) is 8.40. The zero-order valence-electron chi connectivity index (χ0n) is 10.9. The lowest BCUT2D eigenvalue weighted by Gasteiger charge is -2.16. The van der Waals surface area contributed by atoms with Crippen LogP contribution in [-0.4, -0.2) is 15.7 Å². The average Bonchev–Trinajstić information content (AvgIpc) is 2.32. The Balaban J connectivity index is 3.45. The topological polar surface area (TPSA) is 82.0 Å². The summed E-state index contributed by atoms with van der Waals surface area (Å²) in [6, 6.07) is 0. The number of anilines is 2. The number of aromatic nitrogens is 2. The minimum atomic E-state index is -0.465. The molecule has 0 bridgehead atoms. The Morgan fingerprint density at radius 1 is 1.44 bits per heavy atom. The number of hydrogen-bond donors (Lipinski definition) is 2. The Kier molecular flexibility index (Phi) is 4.21. The van der Waals surface area contributed by atoms with Gasteiger partial charge in [0.2, 0.25) is 0 Å². The number of rotatable bonds is 4. The molecular formula is C12H18N4O2. The Morgan fingerprint density at radius 2 is 2.06 bits per heavy atom. The van der Waals surface area contributed by atoms with Crippen LogP contribution in [-0.2, 0) is 13.6 Å². The predicted octanol–water partition coefficient (Wildman–Crippen LogP) is -0.170. The van der Waals surface area contributed by atoms with Crippen LogP contribution in [0.4, 0.5) is 11.5 Å². The smallest absolute Gasteiger partial charge is 0.332 e. The fraction of sp³-hybridized carbons (Fsp3) is 0.500. The molecule has 0 aromatic carbocycles. The summed E-state index contributed by atoms with van der Waals surface area (Å²) in [5, 5.41) is 2.76. The van der Waals surface area contributed by atoms with E-state index in [2.05, 4.69) is 11.2 Å². The Morgan fingerprint density at radius 3 is 2.56 bits per heavy atom. The highest BCUT2D eigenvalue weighted by atomic mass is 16.2. The fourth-order valence-corrected chi connectivity index (χ4v) is 1.63. The maximum absolute atomic E-state index is 11.9. The number of terminal acetylenes is 1. The lowest BCUT2D eigenvalue weighted by atomic mass is 10.2. The van der Waals surface area contributed by atoms with Gasteiger partial charge in [0.05, 0.1) is 6.54 Å².